The summed E-state index contributed by atoms with van der Waals surface area (Å²) >= 11 is 0. The van der Waals surface area contributed by atoms with E-state index in [0.717, 1.165) is 36.0 Å². The molecule has 0 saturated heterocycles. The van der Waals surface area contributed by atoms with Gasteiger partial charge in [-0.15, -0.1) is 0 Å². The van der Waals surface area contributed by atoms with Crippen molar-refractivity contribution >= 4 is 13.9 Å². The summed E-state index contributed by atoms with van der Waals surface area (Å²) in [4.78, 5) is 0. The third kappa shape index (κ3) is 5.16. The molecule has 0 fully saturated rings. The second-order valence-corrected chi connectivity index (χ2v) is 11.2. The Kier molecular flexibility index (Phi) is 7.34. The molecule has 0 aliphatic carbocycles. The van der Waals surface area contributed by atoms with Gasteiger partial charge < -0.3 is 10.2 Å². The minimum atomic E-state index is -0.490. The Morgan fingerprint density at radius 1 is 1.07 bits per heavy atom. The standard InChI is InChI=1S/C25H37O2P/c1-8-9-14-25(7,28-22-13-11-10-12-20(22)18(3)26)21-16-19(24(4,5)6)15-17(2)23(21)27/h10-13,15-16,18,26-28H,8-9,14H2,1-7H3. The summed E-state index contributed by atoms with van der Waals surface area (Å²) in [5.41, 5.74) is 4.27. The molecule has 2 aromatic rings. The molecule has 2 N–H and O–H groups in total. The smallest absolute Gasteiger partial charge is 0.122 e. The van der Waals surface area contributed by atoms with E-state index in [1.165, 1.54) is 10.9 Å². The molecule has 0 aromatic heterocycles. The molecule has 3 heteroatoms. The topological polar surface area (TPSA) is 40.5 Å². The maximum absolute atomic E-state index is 11.0. The van der Waals surface area contributed by atoms with E-state index in [1.807, 2.05) is 32.0 Å². The number of benzene rings is 2. The quantitative estimate of drug-likeness (QED) is 0.524. The van der Waals surface area contributed by atoms with E-state index >= 15 is 0 Å². The lowest BCUT2D eigenvalue weighted by molar-refractivity contribution is 0.200. The highest BCUT2D eigenvalue weighted by atomic mass is 31.1. The zero-order valence-electron chi connectivity index (χ0n) is 18.6. The van der Waals surface area contributed by atoms with Crippen LogP contribution in [0.4, 0.5) is 0 Å². The fourth-order valence-electron chi connectivity index (χ4n) is 3.70. The maximum Gasteiger partial charge on any atom is 0.122 e. The maximum atomic E-state index is 11.0. The third-order valence-electron chi connectivity index (χ3n) is 5.61. The molecule has 2 rings (SSSR count). The average Bonchev–Trinajstić information content (AvgIpc) is 2.61. The Labute approximate surface area is 173 Å². The number of aryl methyl sites for hydroxylation is 1. The van der Waals surface area contributed by atoms with Crippen LogP contribution in [0.3, 0.4) is 0 Å². The molecule has 0 aliphatic rings. The fourth-order valence-corrected chi connectivity index (χ4v) is 5.54. The molecule has 0 amide bonds. The van der Waals surface area contributed by atoms with Crippen LogP contribution in [0.1, 0.15) is 89.2 Å². The first kappa shape index (κ1) is 22.9. The highest BCUT2D eigenvalue weighted by Crippen LogP contribution is 2.50. The highest BCUT2D eigenvalue weighted by Gasteiger charge is 2.32. The zero-order valence-corrected chi connectivity index (χ0v) is 19.6. The van der Waals surface area contributed by atoms with Crippen molar-refractivity contribution in [3.63, 3.8) is 0 Å². The molecule has 0 spiro atoms. The van der Waals surface area contributed by atoms with Crippen LogP contribution in [0.5, 0.6) is 5.75 Å². The van der Waals surface area contributed by atoms with Crippen molar-refractivity contribution in [3.05, 3.63) is 58.7 Å². The molecule has 2 nitrogen and oxygen atoms in total. The normalized spacial score (nSPS) is 15.7. The fraction of sp³-hybridized carbons (Fsp3) is 0.520. The number of unbranched alkanes of at least 4 members (excludes halogenated alkanes) is 1. The van der Waals surface area contributed by atoms with Gasteiger partial charge in [0.25, 0.3) is 0 Å². The molecule has 154 valence electrons. The average molecular weight is 401 g/mol. The summed E-state index contributed by atoms with van der Waals surface area (Å²) in [5.74, 6) is 0.425. The summed E-state index contributed by atoms with van der Waals surface area (Å²) in [6.45, 7) is 15.0. The number of aliphatic hydroxyl groups excluding tert-OH is 1. The Morgan fingerprint density at radius 2 is 1.71 bits per heavy atom. The first-order chi connectivity index (χ1) is 13.0. The Hall–Kier alpha value is -1.37. The Morgan fingerprint density at radius 3 is 2.29 bits per heavy atom. The third-order valence-corrected chi connectivity index (χ3v) is 7.41. The number of rotatable bonds is 7. The van der Waals surface area contributed by atoms with E-state index in [4.69, 9.17) is 0 Å². The minimum absolute atomic E-state index is 0.0273. The van der Waals surface area contributed by atoms with Gasteiger partial charge in [-0.3, -0.25) is 0 Å². The lowest BCUT2D eigenvalue weighted by Gasteiger charge is -2.34. The minimum Gasteiger partial charge on any atom is -0.507 e. The van der Waals surface area contributed by atoms with E-state index in [2.05, 4.69) is 52.8 Å². The Bertz CT molecular complexity index is 805. The van der Waals surface area contributed by atoms with Crippen molar-refractivity contribution in [3.8, 4) is 5.75 Å². The molecule has 0 saturated carbocycles. The zero-order chi connectivity index (χ0) is 21.1. The van der Waals surface area contributed by atoms with Crippen molar-refractivity contribution in [1.82, 2.24) is 0 Å². The number of phenols is 1. The molecule has 2 aromatic carbocycles. The van der Waals surface area contributed by atoms with Gasteiger partial charge in [-0.2, -0.15) is 0 Å². The first-order valence-corrected chi connectivity index (χ1v) is 11.4. The molecule has 28 heavy (non-hydrogen) atoms. The molecular formula is C25H37O2P. The number of aliphatic hydroxyl groups is 1. The summed E-state index contributed by atoms with van der Waals surface area (Å²) in [6.07, 6.45) is 2.75. The summed E-state index contributed by atoms with van der Waals surface area (Å²) < 4.78 is 0. The van der Waals surface area contributed by atoms with Gasteiger partial charge in [-0.05, 0) is 47.7 Å². The van der Waals surface area contributed by atoms with E-state index in [0.29, 0.717) is 14.3 Å². The molecule has 0 bridgehead atoms. The van der Waals surface area contributed by atoms with E-state index in [-0.39, 0.29) is 10.6 Å². The first-order valence-electron chi connectivity index (χ1n) is 10.4. The molecule has 0 heterocycles. The van der Waals surface area contributed by atoms with Gasteiger partial charge in [0.15, 0.2) is 0 Å². The molecule has 0 aliphatic heterocycles. The van der Waals surface area contributed by atoms with Gasteiger partial charge in [-0.25, -0.2) is 0 Å². The van der Waals surface area contributed by atoms with Crippen LogP contribution in [-0.4, -0.2) is 10.2 Å². The number of aromatic hydroxyl groups is 1. The van der Waals surface area contributed by atoms with Gasteiger partial charge in [0.05, 0.1) is 6.10 Å². The van der Waals surface area contributed by atoms with Gasteiger partial charge in [0.2, 0.25) is 0 Å². The van der Waals surface area contributed by atoms with E-state index < -0.39 is 6.10 Å². The van der Waals surface area contributed by atoms with Crippen LogP contribution < -0.4 is 5.30 Å². The van der Waals surface area contributed by atoms with Crippen LogP contribution in [-0.2, 0) is 10.6 Å². The van der Waals surface area contributed by atoms with Crippen molar-refractivity contribution in [2.24, 2.45) is 0 Å². The van der Waals surface area contributed by atoms with Gasteiger partial charge in [0.1, 0.15) is 5.75 Å². The predicted octanol–water partition coefficient (Wildman–Crippen LogP) is 6.46. The van der Waals surface area contributed by atoms with Crippen molar-refractivity contribution in [1.29, 1.82) is 0 Å². The van der Waals surface area contributed by atoms with Gasteiger partial charge >= 0.3 is 0 Å². The van der Waals surface area contributed by atoms with Crippen LogP contribution in [0.2, 0.25) is 0 Å². The van der Waals surface area contributed by atoms with Crippen LogP contribution in [0, 0.1) is 6.92 Å². The van der Waals surface area contributed by atoms with Gasteiger partial charge in [0, 0.05) is 10.7 Å². The molecule has 0 radical (unpaired) electrons. The van der Waals surface area contributed by atoms with E-state index in [9.17, 15) is 10.2 Å². The lowest BCUT2D eigenvalue weighted by Crippen LogP contribution is -2.23. The lowest BCUT2D eigenvalue weighted by atomic mass is 9.82. The van der Waals surface area contributed by atoms with E-state index in [1.54, 1.807) is 0 Å². The molecular weight excluding hydrogens is 363 g/mol. The highest BCUT2D eigenvalue weighted by molar-refractivity contribution is 7.48. The summed E-state index contributed by atoms with van der Waals surface area (Å²) in [5, 5.41) is 22.3. The van der Waals surface area contributed by atoms with Crippen molar-refractivity contribution in [2.45, 2.75) is 84.4 Å². The number of phenolic OH excluding ortho intramolecular Hbond substituents is 1. The Balaban J connectivity index is 2.62. The monoisotopic (exact) mass is 400 g/mol. The number of hydrogen-bond donors (Lipinski definition) is 2. The second kappa shape index (κ2) is 8.97. The second-order valence-electron chi connectivity index (χ2n) is 9.26. The summed E-state index contributed by atoms with van der Waals surface area (Å²) in [6, 6.07) is 12.5. The van der Waals surface area contributed by atoms with Crippen LogP contribution in [0.25, 0.3) is 0 Å². The van der Waals surface area contributed by atoms with Crippen molar-refractivity contribution < 1.29 is 10.2 Å². The SMILES string of the molecule is CCCCC(C)(Pc1ccccc1C(C)O)c1cc(C(C)(C)C)cc(C)c1O. The molecule has 3 unspecified atom stereocenters. The largest absolute Gasteiger partial charge is 0.507 e. The van der Waals surface area contributed by atoms with Crippen LogP contribution in [0.15, 0.2) is 36.4 Å². The molecule has 3 atom stereocenters. The predicted molar refractivity (Wildman–Crippen MR) is 123 cm³/mol. The van der Waals surface area contributed by atoms with Crippen LogP contribution >= 0.6 is 8.58 Å². The number of hydrogen-bond acceptors (Lipinski definition) is 2. The summed E-state index contributed by atoms with van der Waals surface area (Å²) in [7, 11) is 0.480. The van der Waals surface area contributed by atoms with Gasteiger partial charge in [-0.1, -0.05) is 92.4 Å². The van der Waals surface area contributed by atoms with Crippen molar-refractivity contribution in [2.75, 3.05) is 0 Å².